The SMILES string of the molecule is CCOCCOC(=O)C1=C(C)NC2=C(C(=O)CC(c3ccc(OC)c(OC)c3)C2)C1c1cc(Br)c(O)c(OC)c1. The standard InChI is InChI=1S/C30H34BrNO8/c1-6-39-9-10-40-30(35)26-16(2)32-21-12-18(17-7-8-23(36-3)24(14-17)37-4)13-22(33)28(21)27(26)19-11-20(31)29(34)25(15-19)38-5/h7-8,11,14-15,18,27,32,34H,6,9-10,12-13H2,1-5H3. The maximum atomic E-state index is 13.9. The van der Waals surface area contributed by atoms with Gasteiger partial charge in [0.15, 0.2) is 28.8 Å². The summed E-state index contributed by atoms with van der Waals surface area (Å²) >= 11 is 3.39. The zero-order valence-electron chi connectivity index (χ0n) is 23.3. The van der Waals surface area contributed by atoms with Crippen LogP contribution in [0.1, 0.15) is 49.7 Å². The summed E-state index contributed by atoms with van der Waals surface area (Å²) in [5.41, 5.74) is 3.73. The number of rotatable bonds is 10. The van der Waals surface area contributed by atoms with Crippen molar-refractivity contribution < 1.29 is 38.4 Å². The Labute approximate surface area is 242 Å². The molecule has 0 aromatic heterocycles. The van der Waals surface area contributed by atoms with E-state index in [4.69, 9.17) is 23.7 Å². The van der Waals surface area contributed by atoms with Crippen molar-refractivity contribution in [3.05, 3.63) is 68.5 Å². The van der Waals surface area contributed by atoms with Crippen LogP contribution < -0.4 is 19.5 Å². The van der Waals surface area contributed by atoms with Crippen LogP contribution in [0.25, 0.3) is 0 Å². The molecule has 0 fully saturated rings. The van der Waals surface area contributed by atoms with Gasteiger partial charge in [-0.25, -0.2) is 4.79 Å². The van der Waals surface area contributed by atoms with Crippen molar-refractivity contribution in [2.75, 3.05) is 41.2 Å². The van der Waals surface area contributed by atoms with Crippen LogP contribution in [0.5, 0.6) is 23.0 Å². The molecule has 2 N–H and O–H groups in total. The van der Waals surface area contributed by atoms with Gasteiger partial charge in [-0.1, -0.05) is 6.07 Å². The largest absolute Gasteiger partial charge is 0.503 e. The van der Waals surface area contributed by atoms with E-state index in [1.165, 1.54) is 7.11 Å². The lowest BCUT2D eigenvalue weighted by atomic mass is 9.71. The zero-order chi connectivity index (χ0) is 29.0. The van der Waals surface area contributed by atoms with Gasteiger partial charge in [-0.2, -0.15) is 0 Å². The van der Waals surface area contributed by atoms with Gasteiger partial charge >= 0.3 is 5.97 Å². The van der Waals surface area contributed by atoms with Crippen molar-refractivity contribution in [2.45, 2.75) is 38.5 Å². The molecule has 2 unspecified atom stereocenters. The molecule has 40 heavy (non-hydrogen) atoms. The van der Waals surface area contributed by atoms with Crippen molar-refractivity contribution in [3.8, 4) is 23.0 Å². The monoisotopic (exact) mass is 615 g/mol. The predicted octanol–water partition coefficient (Wildman–Crippen LogP) is 5.12. The summed E-state index contributed by atoms with van der Waals surface area (Å²) in [5, 5.41) is 13.8. The van der Waals surface area contributed by atoms with Crippen LogP contribution >= 0.6 is 15.9 Å². The molecule has 4 rings (SSSR count). The third kappa shape index (κ3) is 5.83. The average molecular weight is 617 g/mol. The number of carbonyl (C=O) groups is 2. The summed E-state index contributed by atoms with van der Waals surface area (Å²) < 4.78 is 27.5. The molecule has 2 aromatic rings. The second-order valence-electron chi connectivity index (χ2n) is 9.52. The molecule has 0 saturated heterocycles. The number of benzene rings is 2. The number of Topliss-reactive ketones (excluding diaryl/α,β-unsaturated/α-hetero) is 1. The summed E-state index contributed by atoms with van der Waals surface area (Å²) in [6, 6.07) is 9.02. The Morgan fingerprint density at radius 1 is 1.00 bits per heavy atom. The molecule has 0 spiro atoms. The number of esters is 1. The van der Waals surface area contributed by atoms with Crippen molar-refractivity contribution in [3.63, 3.8) is 0 Å². The molecule has 10 heteroatoms. The van der Waals surface area contributed by atoms with Crippen LogP contribution in [0.3, 0.4) is 0 Å². The number of halogens is 1. The number of methoxy groups -OCH3 is 3. The van der Waals surface area contributed by atoms with Crippen molar-refractivity contribution in [2.24, 2.45) is 0 Å². The Morgan fingerprint density at radius 2 is 1.70 bits per heavy atom. The lowest BCUT2D eigenvalue weighted by Crippen LogP contribution is -2.36. The number of ketones is 1. The summed E-state index contributed by atoms with van der Waals surface area (Å²) in [4.78, 5) is 27.3. The molecule has 2 aromatic carbocycles. The van der Waals surface area contributed by atoms with Crippen molar-refractivity contribution >= 4 is 27.7 Å². The van der Waals surface area contributed by atoms with Gasteiger partial charge in [-0.3, -0.25) is 4.79 Å². The fourth-order valence-corrected chi connectivity index (χ4v) is 5.78. The average Bonchev–Trinajstić information content (AvgIpc) is 2.95. The van der Waals surface area contributed by atoms with E-state index >= 15 is 0 Å². The molecular weight excluding hydrogens is 582 g/mol. The second kappa shape index (κ2) is 12.8. The predicted molar refractivity (Wildman–Crippen MR) is 152 cm³/mol. The number of hydrogen-bond donors (Lipinski definition) is 2. The molecule has 9 nitrogen and oxygen atoms in total. The van der Waals surface area contributed by atoms with Gasteiger partial charge in [-0.15, -0.1) is 0 Å². The minimum absolute atomic E-state index is 0.0700. The molecular formula is C30H34BrNO8. The Hall–Kier alpha value is -3.50. The van der Waals surface area contributed by atoms with E-state index in [0.29, 0.717) is 51.4 Å². The molecule has 1 heterocycles. The molecule has 1 aliphatic carbocycles. The van der Waals surface area contributed by atoms with Crippen LogP contribution in [0.2, 0.25) is 0 Å². The Balaban J connectivity index is 1.78. The number of carbonyl (C=O) groups excluding carboxylic acids is 2. The molecule has 0 saturated carbocycles. The number of phenolic OH excluding ortho intramolecular Hbond substituents is 1. The maximum Gasteiger partial charge on any atom is 0.336 e. The Kier molecular flexibility index (Phi) is 9.42. The summed E-state index contributed by atoms with van der Waals surface area (Å²) in [7, 11) is 4.60. The van der Waals surface area contributed by atoms with Gasteiger partial charge in [-0.05, 0) is 77.5 Å². The summed E-state index contributed by atoms with van der Waals surface area (Å²) in [6.07, 6.45) is 0.794. The topological polar surface area (TPSA) is 113 Å². The number of phenols is 1. The zero-order valence-corrected chi connectivity index (χ0v) is 24.8. The van der Waals surface area contributed by atoms with E-state index in [-0.39, 0.29) is 42.8 Å². The highest BCUT2D eigenvalue weighted by Gasteiger charge is 2.42. The lowest BCUT2D eigenvalue weighted by Gasteiger charge is -2.37. The summed E-state index contributed by atoms with van der Waals surface area (Å²) in [5.74, 6) is -0.0998. The van der Waals surface area contributed by atoms with Gasteiger partial charge in [0.25, 0.3) is 0 Å². The first-order valence-corrected chi connectivity index (χ1v) is 13.8. The Bertz CT molecular complexity index is 1370. The van der Waals surface area contributed by atoms with Gasteiger partial charge in [0, 0.05) is 35.9 Å². The highest BCUT2D eigenvalue weighted by molar-refractivity contribution is 9.10. The first-order valence-electron chi connectivity index (χ1n) is 13.0. The van der Waals surface area contributed by atoms with Crippen molar-refractivity contribution in [1.82, 2.24) is 5.32 Å². The molecule has 214 valence electrons. The molecule has 0 bridgehead atoms. The summed E-state index contributed by atoms with van der Waals surface area (Å²) in [6.45, 7) is 4.53. The van der Waals surface area contributed by atoms with Gasteiger partial charge < -0.3 is 34.1 Å². The van der Waals surface area contributed by atoms with Gasteiger partial charge in [0.1, 0.15) is 6.61 Å². The third-order valence-electron chi connectivity index (χ3n) is 7.20. The molecule has 2 atom stereocenters. The normalized spacial score (nSPS) is 18.7. The maximum absolute atomic E-state index is 13.9. The number of allylic oxidation sites excluding steroid dienone is 3. The van der Waals surface area contributed by atoms with Crippen LogP contribution in [0.4, 0.5) is 0 Å². The highest BCUT2D eigenvalue weighted by Crippen LogP contribution is 2.48. The van der Waals surface area contributed by atoms with Gasteiger partial charge in [0.05, 0.1) is 38.0 Å². The van der Waals surface area contributed by atoms with Crippen molar-refractivity contribution in [1.29, 1.82) is 0 Å². The fraction of sp³-hybridized carbons (Fsp3) is 0.400. The number of nitrogens with one attached hydrogen (secondary N) is 1. The molecule has 0 amide bonds. The fourth-order valence-electron chi connectivity index (χ4n) is 5.32. The Morgan fingerprint density at radius 3 is 2.38 bits per heavy atom. The second-order valence-corrected chi connectivity index (χ2v) is 10.4. The molecule has 2 aliphatic rings. The molecule has 0 radical (unpaired) electrons. The van der Waals surface area contributed by atoms with E-state index in [1.54, 1.807) is 33.3 Å². The van der Waals surface area contributed by atoms with E-state index in [0.717, 1.165) is 11.3 Å². The van der Waals surface area contributed by atoms with E-state index < -0.39 is 11.9 Å². The number of aromatic hydroxyl groups is 1. The number of dihydropyridines is 1. The first kappa shape index (κ1) is 29.5. The number of hydrogen-bond acceptors (Lipinski definition) is 9. The first-order chi connectivity index (χ1) is 19.2. The van der Waals surface area contributed by atoms with E-state index in [9.17, 15) is 14.7 Å². The highest BCUT2D eigenvalue weighted by atomic mass is 79.9. The minimum Gasteiger partial charge on any atom is -0.503 e. The third-order valence-corrected chi connectivity index (χ3v) is 7.80. The van der Waals surface area contributed by atoms with Crippen LogP contribution in [0.15, 0.2) is 57.3 Å². The van der Waals surface area contributed by atoms with Gasteiger partial charge in [0.2, 0.25) is 0 Å². The van der Waals surface area contributed by atoms with Crippen LogP contribution in [-0.2, 0) is 19.1 Å². The lowest BCUT2D eigenvalue weighted by molar-refractivity contribution is -0.140. The molecule has 1 aliphatic heterocycles. The van der Waals surface area contributed by atoms with Crippen LogP contribution in [0, 0.1) is 0 Å². The van der Waals surface area contributed by atoms with Crippen LogP contribution in [-0.4, -0.2) is 58.0 Å². The van der Waals surface area contributed by atoms with E-state index in [2.05, 4.69) is 21.2 Å². The minimum atomic E-state index is -0.722. The smallest absolute Gasteiger partial charge is 0.336 e. The quantitative estimate of drug-likeness (QED) is 0.278. The van der Waals surface area contributed by atoms with E-state index in [1.807, 2.05) is 25.1 Å². The number of ether oxygens (including phenoxy) is 5.